The van der Waals surface area contributed by atoms with Crippen molar-refractivity contribution in [1.29, 1.82) is 0 Å². The molecule has 4 N–H and O–H groups in total. The summed E-state index contributed by atoms with van der Waals surface area (Å²) in [5.41, 5.74) is 0.104. The van der Waals surface area contributed by atoms with E-state index in [0.717, 1.165) is 12.1 Å². The van der Waals surface area contributed by atoms with Crippen molar-refractivity contribution in [3.05, 3.63) is 42.5 Å². The third kappa shape index (κ3) is 3.91. The van der Waals surface area contributed by atoms with Crippen molar-refractivity contribution in [2.24, 2.45) is 0 Å². The molecule has 9 nitrogen and oxygen atoms in total. The van der Waals surface area contributed by atoms with E-state index in [1.807, 2.05) is 0 Å². The third-order valence-corrected chi connectivity index (χ3v) is 6.14. The minimum absolute atomic E-state index is 0.104. The van der Waals surface area contributed by atoms with Gasteiger partial charge < -0.3 is 25.5 Å². The Labute approximate surface area is 156 Å². The molecular weight excluding hydrogens is 374 g/mol. The molecule has 144 valence electrons. The summed E-state index contributed by atoms with van der Waals surface area (Å²) >= 11 is 0. The number of piperazine rings is 1. The van der Waals surface area contributed by atoms with E-state index in [0.29, 0.717) is 0 Å². The first-order valence-electron chi connectivity index (χ1n) is 8.15. The van der Waals surface area contributed by atoms with Crippen LogP contribution in [-0.4, -0.2) is 65.2 Å². The average Bonchev–Trinajstić information content (AvgIpc) is 2.67. The van der Waals surface area contributed by atoms with E-state index >= 15 is 0 Å². The first kappa shape index (κ1) is 18.8. The van der Waals surface area contributed by atoms with Crippen LogP contribution in [-0.2, 0) is 10.0 Å². The number of nitrogens with zero attached hydrogens (tertiary/aromatic N) is 2. The van der Waals surface area contributed by atoms with Crippen molar-refractivity contribution < 1.29 is 28.5 Å². The Morgan fingerprint density at radius 3 is 2.04 bits per heavy atom. The largest absolute Gasteiger partial charge is 0.504 e. The van der Waals surface area contributed by atoms with Gasteiger partial charge >= 0.3 is 6.03 Å². The minimum atomic E-state index is -3.60. The van der Waals surface area contributed by atoms with Crippen LogP contribution in [0.3, 0.4) is 0 Å². The molecule has 0 saturated carbocycles. The van der Waals surface area contributed by atoms with E-state index in [2.05, 4.69) is 5.32 Å². The number of phenolic OH excluding ortho intramolecular Hbond substituents is 3. The molecule has 0 bridgehead atoms. The molecule has 1 fully saturated rings. The number of hydrogen-bond donors (Lipinski definition) is 4. The van der Waals surface area contributed by atoms with Crippen LogP contribution in [0.1, 0.15) is 0 Å². The standard InChI is InChI=1S/C17H19N3O6S/c21-14-10-12(11-15(22)16(14)23)18-17(24)19-6-8-20(9-7-19)27(25,26)13-4-2-1-3-5-13/h1-5,10-11,21-23H,6-9H2,(H,18,24). The molecule has 0 unspecified atom stereocenters. The molecule has 0 atom stereocenters. The van der Waals surface area contributed by atoms with Gasteiger partial charge in [-0.2, -0.15) is 4.31 Å². The summed E-state index contributed by atoms with van der Waals surface area (Å²) in [5.74, 6) is -1.80. The number of sulfonamides is 1. The van der Waals surface area contributed by atoms with Crippen LogP contribution in [0.2, 0.25) is 0 Å². The smallest absolute Gasteiger partial charge is 0.321 e. The topological polar surface area (TPSA) is 130 Å². The number of nitrogens with one attached hydrogen (secondary N) is 1. The van der Waals surface area contributed by atoms with Gasteiger partial charge in [0.2, 0.25) is 10.0 Å². The van der Waals surface area contributed by atoms with Crippen molar-refractivity contribution in [2.75, 3.05) is 31.5 Å². The van der Waals surface area contributed by atoms with E-state index in [9.17, 15) is 28.5 Å². The Hall–Kier alpha value is -2.98. The summed E-state index contributed by atoms with van der Waals surface area (Å²) in [6.45, 7) is 0.676. The Balaban J connectivity index is 1.63. The first-order chi connectivity index (χ1) is 12.8. The highest BCUT2D eigenvalue weighted by molar-refractivity contribution is 7.89. The van der Waals surface area contributed by atoms with Gasteiger partial charge in [0.1, 0.15) is 0 Å². The molecule has 1 aliphatic rings. The number of rotatable bonds is 3. The maximum Gasteiger partial charge on any atom is 0.321 e. The molecule has 1 aliphatic heterocycles. The van der Waals surface area contributed by atoms with E-state index in [4.69, 9.17) is 0 Å². The number of benzene rings is 2. The van der Waals surface area contributed by atoms with Crippen molar-refractivity contribution >= 4 is 21.7 Å². The molecule has 10 heteroatoms. The summed E-state index contributed by atoms with van der Waals surface area (Å²) in [4.78, 5) is 14.0. The fraction of sp³-hybridized carbons (Fsp3) is 0.235. The van der Waals surface area contributed by atoms with Crippen LogP contribution in [0.4, 0.5) is 10.5 Å². The zero-order valence-electron chi connectivity index (χ0n) is 14.2. The lowest BCUT2D eigenvalue weighted by molar-refractivity contribution is 0.184. The molecule has 1 saturated heterocycles. The normalized spacial score (nSPS) is 15.5. The van der Waals surface area contributed by atoms with Gasteiger partial charge in [-0.05, 0) is 12.1 Å². The highest BCUT2D eigenvalue weighted by Crippen LogP contribution is 2.37. The molecular formula is C17H19N3O6S. The molecule has 2 amide bonds. The highest BCUT2D eigenvalue weighted by atomic mass is 32.2. The lowest BCUT2D eigenvalue weighted by atomic mass is 10.2. The number of hydrogen-bond acceptors (Lipinski definition) is 6. The van der Waals surface area contributed by atoms with E-state index in [1.54, 1.807) is 18.2 Å². The van der Waals surface area contributed by atoms with Crippen LogP contribution in [0, 0.1) is 0 Å². The third-order valence-electron chi connectivity index (χ3n) is 4.23. The summed E-state index contributed by atoms with van der Waals surface area (Å²) < 4.78 is 26.5. The number of phenols is 3. The van der Waals surface area contributed by atoms with Gasteiger partial charge in [-0.15, -0.1) is 0 Å². The van der Waals surface area contributed by atoms with E-state index < -0.39 is 33.3 Å². The predicted molar refractivity (Wildman–Crippen MR) is 97.2 cm³/mol. The second-order valence-electron chi connectivity index (χ2n) is 6.00. The second-order valence-corrected chi connectivity index (χ2v) is 7.94. The van der Waals surface area contributed by atoms with Gasteiger partial charge in [0.25, 0.3) is 0 Å². The van der Waals surface area contributed by atoms with Crippen molar-refractivity contribution in [1.82, 2.24) is 9.21 Å². The van der Waals surface area contributed by atoms with Gasteiger partial charge in [-0.3, -0.25) is 0 Å². The number of carbonyl (C=O) groups is 1. The van der Waals surface area contributed by atoms with Crippen molar-refractivity contribution in [2.45, 2.75) is 4.90 Å². The van der Waals surface area contributed by atoms with Gasteiger partial charge in [0.15, 0.2) is 17.2 Å². The molecule has 3 rings (SSSR count). The predicted octanol–water partition coefficient (Wildman–Crippen LogP) is 1.34. The summed E-state index contributed by atoms with van der Waals surface area (Å²) in [7, 11) is -3.60. The lowest BCUT2D eigenvalue weighted by Crippen LogP contribution is -2.51. The molecule has 2 aromatic carbocycles. The SMILES string of the molecule is O=C(Nc1cc(O)c(O)c(O)c1)N1CCN(S(=O)(=O)c2ccccc2)CC1. The Morgan fingerprint density at radius 1 is 0.926 bits per heavy atom. The van der Waals surface area contributed by atoms with Crippen LogP contribution >= 0.6 is 0 Å². The summed E-state index contributed by atoms with van der Waals surface area (Å²) in [6, 6.07) is 9.79. The lowest BCUT2D eigenvalue weighted by Gasteiger charge is -2.34. The zero-order chi connectivity index (χ0) is 19.6. The minimum Gasteiger partial charge on any atom is -0.504 e. The molecule has 0 radical (unpaired) electrons. The quantitative estimate of drug-likeness (QED) is 0.460. The Bertz CT molecular complexity index is 917. The maximum atomic E-state index is 12.6. The maximum absolute atomic E-state index is 12.6. The zero-order valence-corrected chi connectivity index (χ0v) is 15.1. The van der Waals surface area contributed by atoms with Gasteiger partial charge in [0.05, 0.1) is 10.6 Å². The molecule has 0 aliphatic carbocycles. The number of urea groups is 1. The number of aromatic hydroxyl groups is 3. The molecule has 1 heterocycles. The molecule has 2 aromatic rings. The number of anilines is 1. The number of amides is 2. The first-order valence-corrected chi connectivity index (χ1v) is 9.59. The van der Waals surface area contributed by atoms with Gasteiger partial charge in [-0.1, -0.05) is 18.2 Å². The van der Waals surface area contributed by atoms with Gasteiger partial charge in [0, 0.05) is 38.3 Å². The van der Waals surface area contributed by atoms with Crippen LogP contribution in [0.15, 0.2) is 47.4 Å². The Kier molecular flexibility index (Phi) is 5.10. The van der Waals surface area contributed by atoms with Crippen LogP contribution < -0.4 is 5.32 Å². The van der Waals surface area contributed by atoms with Gasteiger partial charge in [-0.25, -0.2) is 13.2 Å². The number of carbonyl (C=O) groups excluding carboxylic acids is 1. The van der Waals surface area contributed by atoms with Crippen molar-refractivity contribution in [3.63, 3.8) is 0 Å². The van der Waals surface area contributed by atoms with Crippen LogP contribution in [0.5, 0.6) is 17.2 Å². The fourth-order valence-corrected chi connectivity index (χ4v) is 4.20. The summed E-state index contributed by atoms with van der Waals surface area (Å²) in [5, 5.41) is 30.8. The van der Waals surface area contributed by atoms with E-state index in [1.165, 1.54) is 21.3 Å². The Morgan fingerprint density at radius 2 is 1.48 bits per heavy atom. The fourth-order valence-electron chi connectivity index (χ4n) is 2.75. The molecule has 0 aromatic heterocycles. The van der Waals surface area contributed by atoms with Crippen molar-refractivity contribution in [3.8, 4) is 17.2 Å². The monoisotopic (exact) mass is 393 g/mol. The summed E-state index contributed by atoms with van der Waals surface area (Å²) in [6.07, 6.45) is 0. The highest BCUT2D eigenvalue weighted by Gasteiger charge is 2.30. The second kappa shape index (κ2) is 7.33. The van der Waals surface area contributed by atoms with Crippen LogP contribution in [0.25, 0.3) is 0 Å². The average molecular weight is 393 g/mol. The van der Waals surface area contributed by atoms with E-state index in [-0.39, 0.29) is 36.8 Å². The molecule has 0 spiro atoms. The molecule has 27 heavy (non-hydrogen) atoms.